The average molecular weight is 583 g/mol. The Hall–Kier alpha value is -2.57. The van der Waals surface area contributed by atoms with Gasteiger partial charge in [0.2, 0.25) is 15.7 Å². The Morgan fingerprint density at radius 3 is 2.36 bits per heavy atom. The smallest absolute Gasteiger partial charge is 0.255 e. The van der Waals surface area contributed by atoms with E-state index in [9.17, 15) is 37.7 Å². The lowest BCUT2D eigenvalue weighted by Gasteiger charge is -2.46. The molecule has 2 aromatic carbocycles. The van der Waals surface area contributed by atoms with Gasteiger partial charge in [0.15, 0.2) is 4.93 Å². The molecule has 0 aliphatic heterocycles. The Kier molecular flexibility index (Phi) is 8.13. The molecule has 39 heavy (non-hydrogen) atoms. The van der Waals surface area contributed by atoms with Gasteiger partial charge in [0.05, 0.1) is 28.0 Å². The van der Waals surface area contributed by atoms with Crippen molar-refractivity contribution in [1.29, 1.82) is 0 Å². The fourth-order valence-electron chi connectivity index (χ4n) is 5.72. The van der Waals surface area contributed by atoms with Crippen molar-refractivity contribution >= 4 is 38.9 Å². The van der Waals surface area contributed by atoms with Gasteiger partial charge in [0.1, 0.15) is 5.82 Å². The Morgan fingerprint density at radius 1 is 1.13 bits per heavy atom. The van der Waals surface area contributed by atoms with Crippen LogP contribution in [0.5, 0.6) is 0 Å². The number of carbonyl (C=O) groups excluding carboxylic acids is 2. The van der Waals surface area contributed by atoms with E-state index in [2.05, 4.69) is 10.6 Å². The molecule has 0 radical (unpaired) electrons. The summed E-state index contributed by atoms with van der Waals surface area (Å²) < 4.78 is 41.1. The van der Waals surface area contributed by atoms with Gasteiger partial charge in [0.25, 0.3) is 5.91 Å². The van der Waals surface area contributed by atoms with Crippen molar-refractivity contribution < 1.29 is 37.7 Å². The molecule has 5 N–H and O–H groups in total. The number of aliphatic hydroxyl groups is 3. The minimum absolute atomic E-state index is 0.0196. The van der Waals surface area contributed by atoms with Gasteiger partial charge in [-0.05, 0) is 93.3 Å². The predicted molar refractivity (Wildman–Crippen MR) is 142 cm³/mol. The first-order valence-electron chi connectivity index (χ1n) is 12.7. The minimum Gasteiger partial charge on any atom is -0.392 e. The van der Waals surface area contributed by atoms with Crippen molar-refractivity contribution in [3.63, 3.8) is 0 Å². The third-order valence-electron chi connectivity index (χ3n) is 7.85. The first-order chi connectivity index (χ1) is 18.2. The van der Waals surface area contributed by atoms with Crippen molar-refractivity contribution in [3.05, 3.63) is 58.4 Å². The largest absolute Gasteiger partial charge is 0.392 e. The topological polar surface area (TPSA) is 153 Å². The van der Waals surface area contributed by atoms with Crippen LogP contribution in [0.15, 0.2) is 41.3 Å². The summed E-state index contributed by atoms with van der Waals surface area (Å²) in [7, 11) is -4.51. The second kappa shape index (κ2) is 10.8. The molecule has 9 nitrogen and oxygen atoms in total. The molecule has 4 rings (SSSR count). The van der Waals surface area contributed by atoms with E-state index in [-0.39, 0.29) is 36.4 Å². The van der Waals surface area contributed by atoms with Crippen LogP contribution in [0, 0.1) is 24.6 Å². The van der Waals surface area contributed by atoms with Gasteiger partial charge in [-0.1, -0.05) is 11.6 Å². The van der Waals surface area contributed by atoms with Crippen LogP contribution < -0.4 is 10.6 Å². The van der Waals surface area contributed by atoms with Gasteiger partial charge >= 0.3 is 0 Å². The summed E-state index contributed by atoms with van der Waals surface area (Å²) in [5.41, 5.74) is -0.892. The van der Waals surface area contributed by atoms with E-state index < -0.39 is 60.8 Å². The Bertz CT molecular complexity index is 1380. The monoisotopic (exact) mass is 582 g/mol. The van der Waals surface area contributed by atoms with Crippen LogP contribution in [0.2, 0.25) is 5.02 Å². The molecule has 2 fully saturated rings. The van der Waals surface area contributed by atoms with Crippen molar-refractivity contribution in [1.82, 2.24) is 5.32 Å². The van der Waals surface area contributed by atoms with E-state index in [1.54, 1.807) is 6.92 Å². The maximum Gasteiger partial charge on any atom is 0.255 e. The molecular formula is C27H32ClFN2O7S. The molecule has 0 heterocycles. The summed E-state index contributed by atoms with van der Waals surface area (Å²) in [6.45, 7) is 3.07. The van der Waals surface area contributed by atoms with Crippen LogP contribution >= 0.6 is 11.6 Å². The van der Waals surface area contributed by atoms with Crippen LogP contribution in [0.25, 0.3) is 0 Å². The molecule has 212 valence electrons. The summed E-state index contributed by atoms with van der Waals surface area (Å²) in [5.74, 6) is -2.89. The number of sulfone groups is 1. The summed E-state index contributed by atoms with van der Waals surface area (Å²) in [6.07, 6.45) is -0.804. The molecule has 0 aromatic heterocycles. The lowest BCUT2D eigenvalue weighted by Crippen LogP contribution is -2.56. The molecule has 2 aliphatic rings. The first-order valence-corrected chi connectivity index (χ1v) is 14.5. The zero-order valence-electron chi connectivity index (χ0n) is 21.6. The molecule has 2 aliphatic carbocycles. The number of benzene rings is 2. The molecule has 2 amide bonds. The first kappa shape index (κ1) is 29.4. The van der Waals surface area contributed by atoms with E-state index >= 15 is 0 Å². The minimum atomic E-state index is -4.51. The summed E-state index contributed by atoms with van der Waals surface area (Å²) in [5, 5.41) is 37.2. The van der Waals surface area contributed by atoms with Crippen LogP contribution in [0.1, 0.15) is 54.9 Å². The Balaban J connectivity index is 1.56. The number of fused-ring (bicyclic) bond motifs is 2. The highest BCUT2D eigenvalue weighted by atomic mass is 35.5. The van der Waals surface area contributed by atoms with Crippen LogP contribution in [0.4, 0.5) is 10.1 Å². The zero-order valence-corrected chi connectivity index (χ0v) is 23.2. The van der Waals surface area contributed by atoms with Gasteiger partial charge in [-0.25, -0.2) is 12.8 Å². The van der Waals surface area contributed by atoms with Crippen molar-refractivity contribution in [2.24, 2.45) is 11.8 Å². The number of halogens is 2. The fraction of sp³-hybridized carbons (Fsp3) is 0.481. The average Bonchev–Trinajstić information content (AvgIpc) is 3.01. The van der Waals surface area contributed by atoms with Gasteiger partial charge in [-0.15, -0.1) is 0 Å². The number of hydrogen-bond acceptors (Lipinski definition) is 7. The summed E-state index contributed by atoms with van der Waals surface area (Å²) in [4.78, 5) is 22.6. The number of amides is 2. The number of rotatable bonds is 8. The van der Waals surface area contributed by atoms with Gasteiger partial charge in [-0.2, -0.15) is 0 Å². The number of anilines is 1. The van der Waals surface area contributed by atoms with Crippen LogP contribution in [0.3, 0.4) is 0 Å². The fourth-order valence-corrected chi connectivity index (χ4v) is 8.00. The second-order valence-electron chi connectivity index (χ2n) is 10.7. The van der Waals surface area contributed by atoms with Crippen molar-refractivity contribution in [2.45, 2.75) is 67.5 Å². The van der Waals surface area contributed by atoms with Crippen LogP contribution in [-0.4, -0.2) is 58.7 Å². The zero-order chi connectivity index (χ0) is 28.8. The highest BCUT2D eigenvalue weighted by Crippen LogP contribution is 2.56. The van der Waals surface area contributed by atoms with Gasteiger partial charge < -0.3 is 26.0 Å². The Morgan fingerprint density at radius 2 is 1.77 bits per heavy atom. The summed E-state index contributed by atoms with van der Waals surface area (Å²) >= 11 is 6.25. The number of nitrogens with one attached hydrogen (secondary N) is 2. The van der Waals surface area contributed by atoms with E-state index in [1.807, 2.05) is 0 Å². The molecule has 0 spiro atoms. The van der Waals surface area contributed by atoms with E-state index in [0.29, 0.717) is 24.1 Å². The maximum atomic E-state index is 13.8. The lowest BCUT2D eigenvalue weighted by molar-refractivity contribution is -0.140. The predicted octanol–water partition coefficient (Wildman–Crippen LogP) is 2.94. The number of carbonyl (C=O) groups is 2. The molecular weight excluding hydrogens is 551 g/mol. The molecule has 2 saturated carbocycles. The number of aliphatic hydroxyl groups excluding tert-OH is 1. The van der Waals surface area contributed by atoms with Crippen LogP contribution in [-0.2, 0) is 14.6 Å². The van der Waals surface area contributed by atoms with Gasteiger partial charge in [0, 0.05) is 17.8 Å². The van der Waals surface area contributed by atoms with Gasteiger partial charge in [-0.3, -0.25) is 9.59 Å². The van der Waals surface area contributed by atoms with Crippen molar-refractivity contribution in [3.8, 4) is 0 Å². The van der Waals surface area contributed by atoms with E-state index in [4.69, 9.17) is 11.6 Å². The molecule has 5 atom stereocenters. The summed E-state index contributed by atoms with van der Waals surface area (Å²) in [6, 6.07) is 7.70. The third kappa shape index (κ3) is 5.69. The van der Waals surface area contributed by atoms with E-state index in [0.717, 1.165) is 6.07 Å². The van der Waals surface area contributed by atoms with Crippen molar-refractivity contribution in [2.75, 3.05) is 11.9 Å². The maximum absolute atomic E-state index is 13.8. The molecule has 0 saturated heterocycles. The molecule has 2 bridgehead atoms. The third-order valence-corrected chi connectivity index (χ3v) is 10.5. The SMILES string of the molecule is Cc1cc(NC(=O)c2ccc(Cl)c(S(=O)(=O)[C@]3(O)CC4CC[C@@H](C3)[C@@]4(O)CC(=O)NC[C@@H](C)O)c2)ccc1F. The Labute approximate surface area is 231 Å². The number of hydrogen-bond donors (Lipinski definition) is 5. The standard InChI is InChI=1S/C27H32ClFN2O7S/c1-15-9-20(6-8-22(15)29)31-25(34)17-3-7-21(28)23(10-17)39(37,38)26(35)11-18-4-5-19(12-26)27(18,36)13-24(33)30-14-16(2)32/h3,6-10,16,18-19,32,35-36H,4-5,11-14H2,1-2H3,(H,30,33)(H,31,34)/t16-,18+,19?,26+,27+/m1/s1. The lowest BCUT2D eigenvalue weighted by atomic mass is 9.71. The normalized spacial score (nSPS) is 27.2. The second-order valence-corrected chi connectivity index (χ2v) is 13.3. The molecule has 12 heteroatoms. The highest BCUT2D eigenvalue weighted by molar-refractivity contribution is 7.92. The molecule has 2 aromatic rings. The quantitative estimate of drug-likeness (QED) is 0.321. The van der Waals surface area contributed by atoms with E-state index in [1.165, 1.54) is 37.3 Å². The molecule has 1 unspecified atom stereocenters. The number of aryl methyl sites for hydroxylation is 1. The highest BCUT2D eigenvalue weighted by Gasteiger charge is 2.62.